The van der Waals surface area contributed by atoms with Crippen molar-refractivity contribution in [3.63, 3.8) is 0 Å². The molecule has 0 bridgehead atoms. The van der Waals surface area contributed by atoms with Crippen LogP contribution in [0, 0.1) is 18.6 Å². The molecule has 0 saturated heterocycles. The summed E-state index contributed by atoms with van der Waals surface area (Å²) < 4.78 is 29.9. The number of anilines is 1. The number of halogens is 3. The highest BCUT2D eigenvalue weighted by Gasteiger charge is 2.21. The Kier molecular flexibility index (Phi) is 5.49. The summed E-state index contributed by atoms with van der Waals surface area (Å²) in [6, 6.07) is 20.7. The maximum Gasteiger partial charge on any atom is 0.153 e. The summed E-state index contributed by atoms with van der Waals surface area (Å²) >= 11 is 3.22. The van der Waals surface area contributed by atoms with Crippen molar-refractivity contribution in [2.24, 2.45) is 0 Å². The largest absolute Gasteiger partial charge is 0.358 e. The molecule has 0 saturated carbocycles. The Morgan fingerprint density at radius 3 is 1.80 bits per heavy atom. The summed E-state index contributed by atoms with van der Waals surface area (Å²) in [7, 11) is 0. The maximum atomic E-state index is 14.9. The van der Waals surface area contributed by atoms with Crippen LogP contribution in [0.25, 0.3) is 0 Å². The van der Waals surface area contributed by atoms with Crippen molar-refractivity contribution in [3.05, 3.63) is 99.5 Å². The topological polar surface area (TPSA) is 3.24 Å². The average molecular weight is 402 g/mol. The summed E-state index contributed by atoms with van der Waals surface area (Å²) in [5.41, 5.74) is 2.41. The summed E-state index contributed by atoms with van der Waals surface area (Å²) in [6.07, 6.45) is 0. The monoisotopic (exact) mass is 401 g/mol. The maximum absolute atomic E-state index is 14.9. The number of hydrogen-bond acceptors (Lipinski definition) is 1. The van der Waals surface area contributed by atoms with Crippen LogP contribution in [0.1, 0.15) is 16.7 Å². The highest BCUT2D eigenvalue weighted by molar-refractivity contribution is 9.10. The molecule has 128 valence electrons. The van der Waals surface area contributed by atoms with Crippen molar-refractivity contribution >= 4 is 21.6 Å². The molecule has 0 heterocycles. The lowest BCUT2D eigenvalue weighted by molar-refractivity contribution is 0.561. The van der Waals surface area contributed by atoms with Gasteiger partial charge >= 0.3 is 0 Å². The first-order chi connectivity index (χ1) is 12.1. The number of rotatable bonds is 5. The fourth-order valence-corrected chi connectivity index (χ4v) is 3.16. The Hall–Kier alpha value is -2.20. The average Bonchev–Trinajstić information content (AvgIpc) is 2.61. The molecule has 1 nitrogen and oxygen atoms in total. The predicted octanol–water partition coefficient (Wildman–Crippen LogP) is 6.24. The van der Waals surface area contributed by atoms with Crippen LogP contribution < -0.4 is 4.90 Å². The second-order valence-electron chi connectivity index (χ2n) is 5.96. The van der Waals surface area contributed by atoms with E-state index in [0.717, 1.165) is 11.1 Å². The normalized spacial score (nSPS) is 10.7. The molecule has 3 rings (SSSR count). The van der Waals surface area contributed by atoms with E-state index in [1.165, 1.54) is 6.07 Å². The summed E-state index contributed by atoms with van der Waals surface area (Å²) in [6.45, 7) is 2.49. The molecule has 25 heavy (non-hydrogen) atoms. The van der Waals surface area contributed by atoms with Gasteiger partial charge in [0, 0.05) is 23.1 Å². The molecule has 0 spiro atoms. The van der Waals surface area contributed by atoms with Crippen molar-refractivity contribution in [2.45, 2.75) is 20.0 Å². The molecule has 0 fully saturated rings. The zero-order chi connectivity index (χ0) is 17.8. The van der Waals surface area contributed by atoms with Crippen LogP contribution in [0.5, 0.6) is 0 Å². The Bertz CT molecular complexity index is 809. The van der Waals surface area contributed by atoms with Crippen LogP contribution in [-0.4, -0.2) is 0 Å². The molecule has 3 aromatic carbocycles. The molecular weight excluding hydrogens is 384 g/mol. The van der Waals surface area contributed by atoms with Crippen molar-refractivity contribution in [2.75, 3.05) is 4.90 Å². The van der Waals surface area contributed by atoms with Crippen LogP contribution in [0.2, 0.25) is 0 Å². The van der Waals surface area contributed by atoms with Gasteiger partial charge in [0.1, 0.15) is 5.69 Å². The molecule has 0 N–H and O–H groups in total. The van der Waals surface area contributed by atoms with Gasteiger partial charge in [-0.2, -0.15) is 0 Å². The van der Waals surface area contributed by atoms with E-state index in [-0.39, 0.29) is 5.69 Å². The lowest BCUT2D eigenvalue weighted by Gasteiger charge is -2.27. The van der Waals surface area contributed by atoms with Crippen molar-refractivity contribution in [1.82, 2.24) is 0 Å². The molecule has 0 aliphatic rings. The van der Waals surface area contributed by atoms with E-state index < -0.39 is 11.6 Å². The smallest absolute Gasteiger partial charge is 0.153 e. The Labute approximate surface area is 155 Å². The molecule has 4 heteroatoms. The van der Waals surface area contributed by atoms with Crippen LogP contribution in [0.3, 0.4) is 0 Å². The van der Waals surface area contributed by atoms with Gasteiger partial charge in [0.2, 0.25) is 0 Å². The molecule has 3 aromatic rings. The molecule has 0 aromatic heterocycles. The minimum absolute atomic E-state index is 0.00778. The number of hydrogen-bond donors (Lipinski definition) is 0. The fourth-order valence-electron chi connectivity index (χ4n) is 2.79. The van der Waals surface area contributed by atoms with E-state index in [0.29, 0.717) is 23.1 Å². The molecular formula is C21H18BrF2N. The van der Waals surface area contributed by atoms with Gasteiger partial charge in [-0.3, -0.25) is 0 Å². The quantitative estimate of drug-likeness (QED) is 0.488. The number of benzene rings is 3. The first-order valence-corrected chi connectivity index (χ1v) is 8.82. The van der Waals surface area contributed by atoms with Gasteiger partial charge in [-0.05, 0) is 24.1 Å². The zero-order valence-corrected chi connectivity index (χ0v) is 15.4. The third-order valence-corrected chi connectivity index (χ3v) is 4.95. The predicted molar refractivity (Wildman–Crippen MR) is 102 cm³/mol. The van der Waals surface area contributed by atoms with Crippen LogP contribution in [-0.2, 0) is 13.1 Å². The van der Waals surface area contributed by atoms with Crippen molar-refractivity contribution in [1.29, 1.82) is 0 Å². The lowest BCUT2D eigenvalue weighted by Crippen LogP contribution is -2.24. The summed E-state index contributed by atoms with van der Waals surface area (Å²) in [5.74, 6) is -1.10. The van der Waals surface area contributed by atoms with E-state index in [1.807, 2.05) is 60.7 Å². The highest BCUT2D eigenvalue weighted by atomic mass is 79.9. The molecule has 0 amide bonds. The fraction of sp³-hybridized carbons (Fsp3) is 0.143. The molecule has 0 aliphatic carbocycles. The van der Waals surface area contributed by atoms with Gasteiger partial charge < -0.3 is 4.90 Å². The van der Waals surface area contributed by atoms with Crippen molar-refractivity contribution < 1.29 is 8.78 Å². The first kappa shape index (κ1) is 17.6. The Morgan fingerprint density at radius 2 is 1.32 bits per heavy atom. The van der Waals surface area contributed by atoms with E-state index in [1.54, 1.807) is 11.8 Å². The Balaban J connectivity index is 2.03. The van der Waals surface area contributed by atoms with Gasteiger partial charge in [0.25, 0.3) is 0 Å². The highest BCUT2D eigenvalue weighted by Crippen LogP contribution is 2.33. The second-order valence-corrected chi connectivity index (χ2v) is 6.81. The van der Waals surface area contributed by atoms with Crippen LogP contribution in [0.15, 0.2) is 71.2 Å². The first-order valence-electron chi connectivity index (χ1n) is 8.03. The molecule has 0 unspecified atom stereocenters. The van der Waals surface area contributed by atoms with E-state index in [2.05, 4.69) is 15.9 Å². The second kappa shape index (κ2) is 7.79. The third-order valence-electron chi connectivity index (χ3n) is 4.12. The third kappa shape index (κ3) is 4.07. The van der Waals surface area contributed by atoms with Crippen LogP contribution >= 0.6 is 15.9 Å². The van der Waals surface area contributed by atoms with E-state index >= 15 is 0 Å². The summed E-state index contributed by atoms with van der Waals surface area (Å²) in [5, 5.41) is 0. The SMILES string of the molecule is Cc1c(Br)cc(F)c(N(Cc2ccccc2)Cc2ccccc2)c1F. The minimum Gasteiger partial charge on any atom is -0.358 e. The van der Waals surface area contributed by atoms with Gasteiger partial charge in [-0.25, -0.2) is 8.78 Å². The minimum atomic E-state index is -0.568. The summed E-state index contributed by atoms with van der Waals surface area (Å²) in [4.78, 5) is 1.74. The molecule has 0 atom stereocenters. The van der Waals surface area contributed by atoms with Crippen LogP contribution in [0.4, 0.5) is 14.5 Å². The van der Waals surface area contributed by atoms with Gasteiger partial charge in [-0.1, -0.05) is 76.6 Å². The van der Waals surface area contributed by atoms with E-state index in [9.17, 15) is 8.78 Å². The van der Waals surface area contributed by atoms with Gasteiger partial charge in [0.15, 0.2) is 11.6 Å². The molecule has 0 radical (unpaired) electrons. The van der Waals surface area contributed by atoms with Gasteiger partial charge in [-0.15, -0.1) is 0 Å². The van der Waals surface area contributed by atoms with E-state index in [4.69, 9.17) is 0 Å². The Morgan fingerprint density at radius 1 is 0.840 bits per heavy atom. The van der Waals surface area contributed by atoms with Crippen molar-refractivity contribution in [3.8, 4) is 0 Å². The number of nitrogens with zero attached hydrogens (tertiary/aromatic N) is 1. The molecule has 0 aliphatic heterocycles. The van der Waals surface area contributed by atoms with Gasteiger partial charge in [0.05, 0.1) is 0 Å². The lowest BCUT2D eigenvalue weighted by atomic mass is 10.1. The standard InChI is InChI=1S/C21H18BrF2N/c1-15-18(22)12-19(23)21(20(15)24)25(13-16-8-4-2-5-9-16)14-17-10-6-3-7-11-17/h2-12H,13-14H2,1H3. The zero-order valence-electron chi connectivity index (χ0n) is 13.8.